The number of hydrogen-bond donors (Lipinski definition) is 0. The Kier molecular flexibility index (Phi) is 24.0. The van der Waals surface area contributed by atoms with Crippen LogP contribution in [0, 0.1) is 21.3 Å². The molecule has 1 fully saturated rings. The molecule has 1 radical (unpaired) electrons. The summed E-state index contributed by atoms with van der Waals surface area (Å²) in [6.07, 6.45) is 18.5. The van der Waals surface area contributed by atoms with Gasteiger partial charge in [0.15, 0.2) is 0 Å². The maximum Gasteiger partial charge on any atom is 3.00 e. The second kappa shape index (κ2) is 17.1. The van der Waals surface area contributed by atoms with Crippen LogP contribution in [-0.2, 0) is 21.7 Å². The Morgan fingerprint density at radius 2 is 0.733 bits per heavy atom. The van der Waals surface area contributed by atoms with Crippen molar-refractivity contribution in [3.05, 3.63) is 21.3 Å². The summed E-state index contributed by atoms with van der Waals surface area (Å²) in [6.45, 7) is 0. The van der Waals surface area contributed by atoms with Gasteiger partial charge in [0.05, 0.1) is 0 Å². The molecule has 0 bridgehead atoms. The maximum atomic E-state index is 2.50. The van der Waals surface area contributed by atoms with E-state index in [9.17, 15) is 0 Å². The Labute approximate surface area is 113 Å². The second-order valence-electron chi connectivity index (χ2n) is 4.05. The van der Waals surface area contributed by atoms with E-state index in [1.54, 1.807) is 0 Å². The van der Waals surface area contributed by atoms with Gasteiger partial charge in [0.25, 0.3) is 0 Å². The van der Waals surface area contributed by atoms with E-state index in [1.807, 2.05) is 0 Å². The average Bonchev–Trinajstić information content (AvgIpc) is 2.05. The summed E-state index contributed by atoms with van der Waals surface area (Å²) in [7, 11) is 0. The summed E-state index contributed by atoms with van der Waals surface area (Å²) < 4.78 is 0. The molecule has 89 valence electrons. The topological polar surface area (TPSA) is 0 Å². The quantitative estimate of drug-likeness (QED) is 0.396. The Morgan fingerprint density at radius 3 is 1.07 bits per heavy atom. The summed E-state index contributed by atoms with van der Waals surface area (Å²) in [5.74, 6) is 0. The van der Waals surface area contributed by atoms with Crippen molar-refractivity contribution in [1.82, 2.24) is 0 Å². The zero-order valence-corrected chi connectivity index (χ0v) is 12.4. The van der Waals surface area contributed by atoms with E-state index in [0.29, 0.717) is 0 Å². The van der Waals surface area contributed by atoms with Gasteiger partial charge < -0.3 is 21.3 Å². The maximum absolute atomic E-state index is 2.50. The fourth-order valence-corrected chi connectivity index (χ4v) is 1.96. The zero-order valence-electron chi connectivity index (χ0n) is 10.9. The van der Waals surface area contributed by atoms with Crippen LogP contribution in [0.15, 0.2) is 0 Å². The van der Waals surface area contributed by atoms with Crippen molar-refractivity contribution in [3.8, 4) is 0 Å². The van der Waals surface area contributed by atoms with Crippen LogP contribution in [0.2, 0.25) is 0 Å². The minimum Gasteiger partial charge on any atom is -0.358 e. The Bertz CT molecular complexity index is 48.3. The molecule has 0 aromatic carbocycles. The van der Waals surface area contributed by atoms with Crippen molar-refractivity contribution in [3.63, 3.8) is 0 Å². The third-order valence-electron chi connectivity index (χ3n) is 2.82. The van der Waals surface area contributed by atoms with Crippen molar-refractivity contribution in [2.75, 3.05) is 0 Å². The minimum absolute atomic E-state index is 0. The molecule has 0 aliphatic heterocycles. The molecule has 1 heteroatoms. The molecule has 1 rings (SSSR count). The number of rotatable bonds is 0. The van der Waals surface area contributed by atoms with Gasteiger partial charge in [-0.15, -0.1) is 0 Å². The van der Waals surface area contributed by atoms with Crippen molar-refractivity contribution in [1.29, 1.82) is 0 Å². The summed E-state index contributed by atoms with van der Waals surface area (Å²) in [4.78, 5) is 0. The largest absolute Gasteiger partial charge is 3.00 e. The van der Waals surface area contributed by atoms with Crippen molar-refractivity contribution in [2.45, 2.75) is 70.6 Å². The van der Waals surface area contributed by atoms with E-state index in [0.717, 1.165) is 0 Å². The molecule has 0 aromatic rings. The van der Waals surface area contributed by atoms with Gasteiger partial charge in [-0.3, -0.25) is 0 Å². The normalized spacial score (nSPS) is 19.2. The molecule has 1 saturated carbocycles. The van der Waals surface area contributed by atoms with Crippen LogP contribution in [0.5, 0.6) is 0 Å². The molecule has 1 aliphatic carbocycles. The molecule has 0 N–H and O–H groups in total. The van der Waals surface area contributed by atoms with E-state index >= 15 is 0 Å². The van der Waals surface area contributed by atoms with E-state index in [-0.39, 0.29) is 36.6 Å². The van der Waals surface area contributed by atoms with Gasteiger partial charge in [0.2, 0.25) is 0 Å². The number of hydrogen-bond acceptors (Lipinski definition) is 0. The van der Waals surface area contributed by atoms with Crippen LogP contribution in [0.3, 0.4) is 0 Å². The molecule has 0 atom stereocenters. The molecule has 0 nitrogen and oxygen atoms in total. The first-order valence-electron chi connectivity index (χ1n) is 5.82. The first-order chi connectivity index (χ1) is 6.00. The molecular weight excluding hydrogens is 216 g/mol. The van der Waals surface area contributed by atoms with Crippen LogP contribution >= 0.6 is 0 Å². The van der Waals surface area contributed by atoms with Crippen LogP contribution in [0.1, 0.15) is 70.6 Å². The van der Waals surface area contributed by atoms with Crippen LogP contribution in [0.25, 0.3) is 0 Å². The van der Waals surface area contributed by atoms with Gasteiger partial charge in [0, 0.05) is 0 Å². The smallest absolute Gasteiger partial charge is 0.358 e. The molecular formula is C14H29Ti. The second-order valence-corrected chi connectivity index (χ2v) is 4.05. The molecule has 0 spiro atoms. The van der Waals surface area contributed by atoms with Gasteiger partial charge in [-0.05, 0) is 0 Å². The summed E-state index contributed by atoms with van der Waals surface area (Å²) >= 11 is 0. The Balaban J connectivity index is -0.000000480. The third-order valence-corrected chi connectivity index (χ3v) is 2.82. The van der Waals surface area contributed by atoms with Crippen LogP contribution in [-0.4, -0.2) is 0 Å². The van der Waals surface area contributed by atoms with Crippen molar-refractivity contribution < 1.29 is 21.7 Å². The van der Waals surface area contributed by atoms with E-state index in [1.165, 1.54) is 70.6 Å². The Hall–Kier alpha value is 0.714. The van der Waals surface area contributed by atoms with Gasteiger partial charge in [0.1, 0.15) is 0 Å². The first kappa shape index (κ1) is 21.0. The van der Waals surface area contributed by atoms with Crippen LogP contribution < -0.4 is 0 Å². The summed E-state index contributed by atoms with van der Waals surface area (Å²) in [5.41, 5.74) is 0. The van der Waals surface area contributed by atoms with E-state index in [4.69, 9.17) is 0 Å². The standard InChI is InChI=1S/C12H23.2CH3.Ti/c1-2-4-6-8-10-12-11-9-7-5-3-1;;;/h1H,2-12H2;2*1H3;/q3*-1;+3. The molecule has 0 unspecified atom stereocenters. The third kappa shape index (κ3) is 14.7. The van der Waals surface area contributed by atoms with E-state index in [2.05, 4.69) is 6.42 Å². The molecule has 0 saturated heterocycles. The van der Waals surface area contributed by atoms with Gasteiger partial charge in [-0.25, -0.2) is 0 Å². The van der Waals surface area contributed by atoms with Crippen molar-refractivity contribution in [2.24, 2.45) is 0 Å². The fraction of sp³-hybridized carbons (Fsp3) is 0.786. The molecule has 1 aliphatic rings. The molecule has 0 heterocycles. The Morgan fingerprint density at radius 1 is 0.467 bits per heavy atom. The first-order valence-corrected chi connectivity index (χ1v) is 5.82. The predicted molar refractivity (Wildman–Crippen MR) is 67.9 cm³/mol. The monoisotopic (exact) mass is 245 g/mol. The average molecular weight is 245 g/mol. The van der Waals surface area contributed by atoms with Gasteiger partial charge >= 0.3 is 21.7 Å². The summed E-state index contributed by atoms with van der Waals surface area (Å²) in [6, 6.07) is 0. The molecule has 0 amide bonds. The minimum atomic E-state index is 0. The molecule has 0 aromatic heterocycles. The van der Waals surface area contributed by atoms with Gasteiger partial charge in [-0.1, -0.05) is 57.8 Å². The predicted octanol–water partition coefficient (Wildman–Crippen LogP) is 5.39. The SMILES string of the molecule is [CH-]1CCCCCCCCCCC1.[CH3-].[CH3-].[Ti+3]. The molecule has 15 heavy (non-hydrogen) atoms. The van der Waals surface area contributed by atoms with Crippen LogP contribution in [0.4, 0.5) is 0 Å². The van der Waals surface area contributed by atoms with Gasteiger partial charge in [-0.2, -0.15) is 12.8 Å². The van der Waals surface area contributed by atoms with E-state index < -0.39 is 0 Å². The van der Waals surface area contributed by atoms with Crippen molar-refractivity contribution >= 4 is 0 Å². The fourth-order valence-electron chi connectivity index (χ4n) is 1.96. The summed E-state index contributed by atoms with van der Waals surface area (Å²) in [5, 5.41) is 0. The zero-order chi connectivity index (χ0) is 8.49.